The minimum Gasteiger partial charge on any atom is -0.244 e. The molecule has 0 aliphatic heterocycles. The summed E-state index contributed by atoms with van der Waals surface area (Å²) in [4.78, 5) is 2.04. The predicted octanol–water partition coefficient (Wildman–Crippen LogP) is 1.56. The van der Waals surface area contributed by atoms with Crippen LogP contribution in [0.2, 0.25) is 0 Å². The number of alkyl halides is 5. The van der Waals surface area contributed by atoms with Gasteiger partial charge in [-0.1, -0.05) is 0 Å². The Bertz CT molecular complexity index is 108. The van der Waals surface area contributed by atoms with Crippen molar-refractivity contribution in [2.24, 2.45) is 0 Å². The first kappa shape index (κ1) is 9.53. The number of hydrogen-bond acceptors (Lipinski definition) is 3. The van der Waals surface area contributed by atoms with E-state index in [1.54, 1.807) is 0 Å². The molecule has 0 radical (unpaired) electrons. The highest BCUT2D eigenvalue weighted by atomic mass is 19.4. The van der Waals surface area contributed by atoms with Gasteiger partial charge < -0.3 is 0 Å². The van der Waals surface area contributed by atoms with E-state index >= 15 is 0 Å². The zero-order chi connectivity index (χ0) is 8.41. The van der Waals surface area contributed by atoms with Crippen LogP contribution in [0.15, 0.2) is 0 Å². The Labute approximate surface area is 50.9 Å². The molecule has 0 unspecified atom stereocenters. The zero-order valence-electron chi connectivity index (χ0n) is 4.15. The van der Waals surface area contributed by atoms with Crippen molar-refractivity contribution < 1.29 is 36.8 Å². The van der Waals surface area contributed by atoms with Gasteiger partial charge in [0.25, 0.3) is 0 Å². The maximum Gasteiger partial charge on any atom is 0.529 e. The third kappa shape index (κ3) is 4.41. The summed E-state index contributed by atoms with van der Waals surface area (Å²) in [6, 6.07) is 0. The first-order chi connectivity index (χ1) is 4.27. The molecule has 0 rings (SSSR count). The van der Waals surface area contributed by atoms with E-state index in [1.807, 2.05) is 9.62 Å². The summed E-state index contributed by atoms with van der Waals surface area (Å²) in [5.74, 6) is 0. The van der Waals surface area contributed by atoms with E-state index in [1.165, 1.54) is 0 Å². The van der Waals surface area contributed by atoms with Crippen molar-refractivity contribution >= 4 is 0 Å². The molecule has 0 saturated carbocycles. The van der Waals surface area contributed by atoms with Crippen molar-refractivity contribution in [3.63, 3.8) is 0 Å². The van der Waals surface area contributed by atoms with Crippen molar-refractivity contribution in [3.8, 4) is 0 Å². The molecule has 1 N–H and O–H groups in total. The third-order valence-corrected chi connectivity index (χ3v) is 0.341. The van der Waals surface area contributed by atoms with Crippen LogP contribution in [-0.4, -0.2) is 17.9 Å². The number of rotatable bonds is 2. The molecule has 8 heteroatoms. The Morgan fingerprint density at radius 1 is 1.00 bits per heavy atom. The highest BCUT2D eigenvalue weighted by Gasteiger charge is 2.47. The maximum atomic E-state index is 11.2. The van der Waals surface area contributed by atoms with Gasteiger partial charge in [0.1, 0.15) is 0 Å². The average molecular weight is 168 g/mol. The summed E-state index contributed by atoms with van der Waals surface area (Å²) < 4.78 is 57.0. The molecular weight excluding hydrogens is 167 g/mol. The molecule has 0 bridgehead atoms. The summed E-state index contributed by atoms with van der Waals surface area (Å²) in [6.07, 6.45) is -10.6. The molecule has 0 heterocycles. The molecule has 0 fully saturated rings. The second-order valence-electron chi connectivity index (χ2n) is 1.10. The van der Waals surface area contributed by atoms with Crippen molar-refractivity contribution in [1.29, 1.82) is 0 Å². The van der Waals surface area contributed by atoms with Crippen LogP contribution in [0.5, 0.6) is 0 Å². The molecule has 0 aliphatic carbocycles. The molecule has 0 atom stereocenters. The Hall–Kier alpha value is -0.470. The molecule has 62 valence electrons. The van der Waals surface area contributed by atoms with Gasteiger partial charge in [0, 0.05) is 0 Å². The molecule has 0 saturated heterocycles. The summed E-state index contributed by atoms with van der Waals surface area (Å²) in [5.41, 5.74) is 0. The topological polar surface area (TPSA) is 38.7 Å². The second kappa shape index (κ2) is 2.64. The average Bonchev–Trinajstić information content (AvgIpc) is 1.60. The standard InChI is InChI=1S/C2HF5O3/c3-1(4,5)9-2(6,7)10-8/h8H. The monoisotopic (exact) mass is 168 g/mol. The van der Waals surface area contributed by atoms with Crippen molar-refractivity contribution in [1.82, 2.24) is 0 Å². The lowest BCUT2D eigenvalue weighted by Gasteiger charge is -2.12. The quantitative estimate of drug-likeness (QED) is 0.294. The van der Waals surface area contributed by atoms with Gasteiger partial charge in [-0.05, 0) is 0 Å². The summed E-state index contributed by atoms with van der Waals surface area (Å²) in [6.45, 7) is 0. The molecule has 10 heavy (non-hydrogen) atoms. The van der Waals surface area contributed by atoms with Gasteiger partial charge in [-0.3, -0.25) is 0 Å². The molecule has 0 aromatic carbocycles. The van der Waals surface area contributed by atoms with Gasteiger partial charge in [-0.15, -0.1) is 26.8 Å². The molecule has 0 aliphatic rings. The second-order valence-corrected chi connectivity index (χ2v) is 1.10. The lowest BCUT2D eigenvalue weighted by molar-refractivity contribution is -0.561. The van der Waals surface area contributed by atoms with E-state index < -0.39 is 12.7 Å². The van der Waals surface area contributed by atoms with Crippen LogP contribution in [0.25, 0.3) is 0 Å². The molecule has 0 amide bonds. The highest BCUT2D eigenvalue weighted by molar-refractivity contribution is 4.31. The van der Waals surface area contributed by atoms with E-state index in [4.69, 9.17) is 5.26 Å². The number of ether oxygens (including phenoxy) is 1. The molecule has 0 aromatic rings. The Balaban J connectivity index is 3.89. The highest BCUT2D eigenvalue weighted by Crippen LogP contribution is 2.27. The van der Waals surface area contributed by atoms with Crippen LogP contribution < -0.4 is 0 Å². The van der Waals surface area contributed by atoms with Crippen molar-refractivity contribution in [3.05, 3.63) is 0 Å². The van der Waals surface area contributed by atoms with Crippen LogP contribution in [0.4, 0.5) is 22.0 Å². The van der Waals surface area contributed by atoms with Gasteiger partial charge in [-0.25, -0.2) is 5.26 Å². The first-order valence-corrected chi connectivity index (χ1v) is 1.74. The van der Waals surface area contributed by atoms with Crippen LogP contribution in [0.1, 0.15) is 0 Å². The van der Waals surface area contributed by atoms with E-state index in [0.717, 1.165) is 0 Å². The SMILES string of the molecule is OOC(F)(F)OC(F)(F)F. The first-order valence-electron chi connectivity index (χ1n) is 1.74. The van der Waals surface area contributed by atoms with Gasteiger partial charge in [-0.2, -0.15) is 4.74 Å². The normalized spacial score (nSPS) is 13.8. The summed E-state index contributed by atoms with van der Waals surface area (Å²) in [5, 5.41) is 7.08. The van der Waals surface area contributed by atoms with Crippen LogP contribution in [0, 0.1) is 0 Å². The molecule has 0 spiro atoms. The number of hydrogen-bond donors (Lipinski definition) is 1. The van der Waals surface area contributed by atoms with E-state index in [9.17, 15) is 22.0 Å². The van der Waals surface area contributed by atoms with Crippen molar-refractivity contribution in [2.45, 2.75) is 12.7 Å². The minimum atomic E-state index is -5.55. The minimum absolute atomic E-state index is 1.97. The number of halogens is 5. The molecule has 3 nitrogen and oxygen atoms in total. The largest absolute Gasteiger partial charge is 0.529 e. The Morgan fingerprint density at radius 2 is 1.40 bits per heavy atom. The van der Waals surface area contributed by atoms with Gasteiger partial charge in [0.15, 0.2) is 0 Å². The maximum absolute atomic E-state index is 11.2. The third-order valence-electron chi connectivity index (χ3n) is 0.341. The lowest BCUT2D eigenvalue weighted by atomic mass is 11.2. The van der Waals surface area contributed by atoms with E-state index in [2.05, 4.69) is 0 Å². The van der Waals surface area contributed by atoms with Crippen molar-refractivity contribution in [2.75, 3.05) is 0 Å². The zero-order valence-corrected chi connectivity index (χ0v) is 4.15. The Morgan fingerprint density at radius 3 is 1.50 bits per heavy atom. The fourth-order valence-corrected chi connectivity index (χ4v) is 0.153. The van der Waals surface area contributed by atoms with Crippen LogP contribution >= 0.6 is 0 Å². The smallest absolute Gasteiger partial charge is 0.244 e. The van der Waals surface area contributed by atoms with E-state index in [-0.39, 0.29) is 0 Å². The molecular formula is C2HF5O3. The summed E-state index contributed by atoms with van der Waals surface area (Å²) in [7, 11) is 0. The fraction of sp³-hybridized carbons (Fsp3) is 1.00. The Kier molecular flexibility index (Phi) is 2.52. The van der Waals surface area contributed by atoms with Crippen LogP contribution in [0.3, 0.4) is 0 Å². The lowest BCUT2D eigenvalue weighted by Crippen LogP contribution is -2.31. The van der Waals surface area contributed by atoms with Gasteiger partial charge in [0.05, 0.1) is 0 Å². The van der Waals surface area contributed by atoms with Crippen LogP contribution in [-0.2, 0) is 9.62 Å². The summed E-state index contributed by atoms with van der Waals surface area (Å²) >= 11 is 0. The predicted molar refractivity (Wildman–Crippen MR) is 15.8 cm³/mol. The fourth-order valence-electron chi connectivity index (χ4n) is 0.153. The van der Waals surface area contributed by atoms with Gasteiger partial charge >= 0.3 is 12.7 Å². The van der Waals surface area contributed by atoms with Gasteiger partial charge in [0.2, 0.25) is 0 Å². The molecule has 0 aromatic heterocycles. The van der Waals surface area contributed by atoms with E-state index in [0.29, 0.717) is 0 Å².